The highest BCUT2D eigenvalue weighted by molar-refractivity contribution is 5.87. The largest absolute Gasteiger partial charge is 0.416 e. The van der Waals surface area contributed by atoms with Gasteiger partial charge in [0, 0.05) is 6.54 Å². The first-order chi connectivity index (χ1) is 9.91. The number of carbonyl (C=O) groups is 1. The van der Waals surface area contributed by atoms with E-state index in [1.54, 1.807) is 0 Å². The maximum atomic E-state index is 12.5. The minimum absolute atomic E-state index is 0.0313. The Morgan fingerprint density at radius 3 is 2.24 bits per heavy atom. The van der Waals surface area contributed by atoms with Crippen LogP contribution < -0.4 is 10.6 Å². The number of hydrogen-bond donors (Lipinski definition) is 2. The van der Waals surface area contributed by atoms with Gasteiger partial charge in [0.15, 0.2) is 0 Å². The van der Waals surface area contributed by atoms with Crippen molar-refractivity contribution in [3.63, 3.8) is 0 Å². The molecule has 1 heterocycles. The van der Waals surface area contributed by atoms with E-state index in [4.69, 9.17) is 0 Å². The Hall–Kier alpha value is -1.56. The fourth-order valence-corrected chi connectivity index (χ4v) is 3.21. The van der Waals surface area contributed by atoms with Crippen molar-refractivity contribution in [2.24, 2.45) is 0 Å². The molecule has 3 nitrogen and oxygen atoms in total. The maximum Gasteiger partial charge on any atom is 0.416 e. The van der Waals surface area contributed by atoms with Crippen molar-refractivity contribution in [2.45, 2.75) is 43.4 Å². The van der Waals surface area contributed by atoms with Gasteiger partial charge in [0.05, 0.1) is 17.1 Å². The molecule has 1 aliphatic carbocycles. The summed E-state index contributed by atoms with van der Waals surface area (Å²) in [6.07, 6.45) is -0.603. The zero-order chi connectivity index (χ0) is 15.1. The molecule has 1 saturated heterocycles. The van der Waals surface area contributed by atoms with Gasteiger partial charge in [-0.2, -0.15) is 13.2 Å². The van der Waals surface area contributed by atoms with Gasteiger partial charge < -0.3 is 10.6 Å². The molecule has 0 bridgehead atoms. The van der Waals surface area contributed by atoms with Crippen molar-refractivity contribution in [3.8, 4) is 0 Å². The smallest absolute Gasteiger partial charge is 0.346 e. The fourth-order valence-electron chi connectivity index (χ4n) is 3.21. The summed E-state index contributed by atoms with van der Waals surface area (Å²) in [5.41, 5.74) is -0.437. The van der Waals surface area contributed by atoms with Crippen LogP contribution in [0.15, 0.2) is 24.3 Å². The fraction of sp³-hybridized carbons (Fsp3) is 0.533. The first kappa shape index (κ1) is 14.4. The topological polar surface area (TPSA) is 41.1 Å². The Morgan fingerprint density at radius 2 is 1.71 bits per heavy atom. The molecule has 114 valence electrons. The lowest BCUT2D eigenvalue weighted by Crippen LogP contribution is -2.62. The summed E-state index contributed by atoms with van der Waals surface area (Å²) in [6.45, 7) is 0.553. The highest BCUT2D eigenvalue weighted by Gasteiger charge is 2.44. The first-order valence-electron chi connectivity index (χ1n) is 7.14. The predicted octanol–water partition coefficient (Wildman–Crippen LogP) is 2.78. The van der Waals surface area contributed by atoms with E-state index in [1.807, 2.05) is 0 Å². The minimum atomic E-state index is -4.33. The first-order valence-corrected chi connectivity index (χ1v) is 7.14. The molecule has 1 aliphatic heterocycles. The molecule has 3 rings (SSSR count). The number of nitrogens with one attached hydrogen (secondary N) is 2. The Bertz CT molecular complexity index is 533. The second kappa shape index (κ2) is 5.02. The van der Waals surface area contributed by atoms with Crippen molar-refractivity contribution in [1.29, 1.82) is 0 Å². The zero-order valence-corrected chi connectivity index (χ0v) is 11.5. The van der Waals surface area contributed by atoms with Crippen LogP contribution in [-0.2, 0) is 11.0 Å². The molecule has 1 spiro atoms. The van der Waals surface area contributed by atoms with E-state index in [9.17, 15) is 18.0 Å². The molecular formula is C15H17F3N2O. The van der Waals surface area contributed by atoms with Crippen molar-refractivity contribution in [2.75, 3.05) is 6.54 Å². The van der Waals surface area contributed by atoms with Crippen LogP contribution in [0, 0.1) is 0 Å². The second-order valence-electron chi connectivity index (χ2n) is 5.82. The van der Waals surface area contributed by atoms with Gasteiger partial charge in [-0.3, -0.25) is 4.79 Å². The lowest BCUT2D eigenvalue weighted by molar-refractivity contribution is -0.137. The number of hydrogen-bond acceptors (Lipinski definition) is 2. The molecule has 1 unspecified atom stereocenters. The third-order valence-electron chi connectivity index (χ3n) is 4.48. The molecule has 0 radical (unpaired) electrons. The van der Waals surface area contributed by atoms with Crippen LogP contribution in [0.25, 0.3) is 0 Å². The molecule has 21 heavy (non-hydrogen) atoms. The maximum absolute atomic E-state index is 12.5. The van der Waals surface area contributed by atoms with Gasteiger partial charge in [-0.25, -0.2) is 0 Å². The van der Waals surface area contributed by atoms with Crippen LogP contribution in [0.4, 0.5) is 13.2 Å². The summed E-state index contributed by atoms with van der Waals surface area (Å²) in [7, 11) is 0. The molecule has 1 saturated carbocycles. The lowest BCUT2D eigenvalue weighted by atomic mass is 9.91. The van der Waals surface area contributed by atoms with Gasteiger partial charge in [-0.15, -0.1) is 0 Å². The van der Waals surface area contributed by atoms with Gasteiger partial charge in [-0.1, -0.05) is 25.0 Å². The van der Waals surface area contributed by atoms with Gasteiger partial charge in [0.1, 0.15) is 0 Å². The summed E-state index contributed by atoms with van der Waals surface area (Å²) in [4.78, 5) is 12.3. The Balaban J connectivity index is 1.73. The van der Waals surface area contributed by atoms with Gasteiger partial charge in [0.25, 0.3) is 0 Å². The number of benzene rings is 1. The third-order valence-corrected chi connectivity index (χ3v) is 4.48. The van der Waals surface area contributed by atoms with Crippen molar-refractivity contribution < 1.29 is 18.0 Å². The molecule has 1 amide bonds. The van der Waals surface area contributed by atoms with Crippen LogP contribution in [0.1, 0.15) is 42.9 Å². The average Bonchev–Trinajstić information content (AvgIpc) is 2.91. The van der Waals surface area contributed by atoms with Gasteiger partial charge in [-0.05, 0) is 30.5 Å². The lowest BCUT2D eigenvalue weighted by Gasteiger charge is -2.38. The number of rotatable bonds is 1. The van der Waals surface area contributed by atoms with Crippen LogP contribution in [0.3, 0.4) is 0 Å². The quantitative estimate of drug-likeness (QED) is 0.837. The van der Waals surface area contributed by atoms with Crippen LogP contribution in [0.5, 0.6) is 0 Å². The molecule has 2 aliphatic rings. The van der Waals surface area contributed by atoms with Crippen molar-refractivity contribution in [3.05, 3.63) is 35.4 Å². The summed E-state index contributed by atoms with van der Waals surface area (Å²) in [5.74, 6) is -0.0313. The molecule has 2 N–H and O–H groups in total. The second-order valence-corrected chi connectivity index (χ2v) is 5.82. The third kappa shape index (κ3) is 2.64. The predicted molar refractivity (Wildman–Crippen MR) is 71.5 cm³/mol. The summed E-state index contributed by atoms with van der Waals surface area (Å²) in [5, 5.41) is 6.24. The summed E-state index contributed by atoms with van der Waals surface area (Å²) < 4.78 is 37.6. The number of amides is 1. The normalized spacial score (nSPS) is 25.1. The summed E-state index contributed by atoms with van der Waals surface area (Å²) in [6, 6.07) is 4.71. The number of alkyl halides is 3. The van der Waals surface area contributed by atoms with Crippen molar-refractivity contribution >= 4 is 5.91 Å². The highest BCUT2D eigenvalue weighted by Crippen LogP contribution is 2.34. The van der Waals surface area contributed by atoms with E-state index in [-0.39, 0.29) is 11.9 Å². The zero-order valence-electron chi connectivity index (χ0n) is 11.5. The molecule has 1 atom stereocenters. The molecule has 1 aromatic rings. The Morgan fingerprint density at radius 1 is 1.10 bits per heavy atom. The number of piperazine rings is 1. The van der Waals surface area contributed by atoms with Crippen LogP contribution >= 0.6 is 0 Å². The van der Waals surface area contributed by atoms with E-state index in [1.165, 1.54) is 12.1 Å². The minimum Gasteiger partial charge on any atom is -0.346 e. The highest BCUT2D eigenvalue weighted by atomic mass is 19.4. The van der Waals surface area contributed by atoms with Crippen LogP contribution in [-0.4, -0.2) is 18.0 Å². The SMILES string of the molecule is O=C1NC(c2ccc(C(F)(F)F)cc2)CNC12CCCC2. The molecule has 0 aromatic heterocycles. The number of halogens is 3. The van der Waals surface area contributed by atoms with Crippen molar-refractivity contribution in [1.82, 2.24) is 10.6 Å². The van der Waals surface area contributed by atoms with E-state index < -0.39 is 17.3 Å². The standard InChI is InChI=1S/C15H17F3N2O/c16-15(17,18)11-5-3-10(4-6-11)12-9-19-14(13(21)20-12)7-1-2-8-14/h3-6,12,19H,1-2,7-9H2,(H,20,21). The Labute approximate surface area is 120 Å². The van der Waals surface area contributed by atoms with E-state index in [2.05, 4.69) is 10.6 Å². The molecular weight excluding hydrogens is 281 g/mol. The van der Waals surface area contributed by atoms with Gasteiger partial charge >= 0.3 is 6.18 Å². The monoisotopic (exact) mass is 298 g/mol. The number of carbonyl (C=O) groups excluding carboxylic acids is 1. The molecule has 6 heteroatoms. The van der Waals surface area contributed by atoms with Gasteiger partial charge in [0.2, 0.25) is 5.91 Å². The van der Waals surface area contributed by atoms with E-state index in [0.717, 1.165) is 37.8 Å². The Kier molecular flexibility index (Phi) is 3.43. The summed E-state index contributed by atoms with van der Waals surface area (Å²) >= 11 is 0. The molecule has 2 fully saturated rings. The van der Waals surface area contributed by atoms with Crippen LogP contribution in [0.2, 0.25) is 0 Å². The van der Waals surface area contributed by atoms with E-state index >= 15 is 0 Å². The van der Waals surface area contributed by atoms with E-state index in [0.29, 0.717) is 12.1 Å². The average molecular weight is 298 g/mol. The molecule has 1 aromatic carbocycles.